The number of hydrogen-bond donors (Lipinski definition) is 1. The second-order valence-corrected chi connectivity index (χ2v) is 5.82. The molecule has 19 heavy (non-hydrogen) atoms. The fourth-order valence-electron chi connectivity index (χ4n) is 2.71. The smallest absolute Gasteiger partial charge is 0.317 e. The van der Waals surface area contributed by atoms with Crippen LogP contribution >= 0.6 is 0 Å². The molecule has 104 valence electrons. The molecule has 1 N–H and O–H groups in total. The quantitative estimate of drug-likeness (QED) is 0.896. The van der Waals surface area contributed by atoms with Gasteiger partial charge in [0.15, 0.2) is 0 Å². The van der Waals surface area contributed by atoms with E-state index in [0.29, 0.717) is 0 Å². The van der Waals surface area contributed by atoms with E-state index in [-0.39, 0.29) is 12.1 Å². The monoisotopic (exact) mass is 262 g/mol. The highest BCUT2D eigenvalue weighted by Gasteiger charge is 2.33. The van der Waals surface area contributed by atoms with Crippen molar-refractivity contribution in [3.8, 4) is 0 Å². The van der Waals surface area contributed by atoms with Crippen molar-refractivity contribution in [3.63, 3.8) is 0 Å². The molecule has 1 aromatic carbocycles. The predicted molar refractivity (Wildman–Crippen MR) is 75.0 cm³/mol. The van der Waals surface area contributed by atoms with Crippen molar-refractivity contribution in [2.24, 2.45) is 0 Å². The molecule has 1 fully saturated rings. The summed E-state index contributed by atoms with van der Waals surface area (Å²) in [6.07, 6.45) is 0. The van der Waals surface area contributed by atoms with E-state index in [2.05, 4.69) is 43.0 Å². The minimum atomic E-state index is -0.743. The molecule has 1 aliphatic rings. The first-order valence-electron chi connectivity index (χ1n) is 6.70. The van der Waals surface area contributed by atoms with Crippen LogP contribution < -0.4 is 0 Å². The van der Waals surface area contributed by atoms with Gasteiger partial charge < -0.3 is 5.11 Å². The Morgan fingerprint density at radius 3 is 2.53 bits per heavy atom. The van der Waals surface area contributed by atoms with Gasteiger partial charge >= 0.3 is 5.97 Å². The highest BCUT2D eigenvalue weighted by molar-refractivity contribution is 5.69. The van der Waals surface area contributed by atoms with Crippen molar-refractivity contribution in [3.05, 3.63) is 35.9 Å². The molecule has 0 unspecified atom stereocenters. The van der Waals surface area contributed by atoms with E-state index in [1.54, 1.807) is 0 Å². The van der Waals surface area contributed by atoms with Crippen molar-refractivity contribution < 1.29 is 9.90 Å². The van der Waals surface area contributed by atoms with Crippen LogP contribution in [0.25, 0.3) is 0 Å². The van der Waals surface area contributed by atoms with Gasteiger partial charge in [0.1, 0.15) is 0 Å². The number of rotatable bonds is 4. The molecule has 1 aliphatic heterocycles. The third-order valence-electron chi connectivity index (χ3n) is 3.73. The van der Waals surface area contributed by atoms with Gasteiger partial charge in [0, 0.05) is 31.7 Å². The minimum absolute atomic E-state index is 0.00351. The van der Waals surface area contributed by atoms with E-state index in [9.17, 15) is 4.79 Å². The molecule has 0 radical (unpaired) electrons. The normalized spacial score (nSPS) is 20.3. The SMILES string of the molecule is CC1(C)CN(CC(=O)O)CCN1Cc1ccccc1. The first-order valence-corrected chi connectivity index (χ1v) is 6.70. The fraction of sp³-hybridized carbons (Fsp3) is 0.533. The van der Waals surface area contributed by atoms with E-state index in [1.165, 1.54) is 5.56 Å². The van der Waals surface area contributed by atoms with Crippen molar-refractivity contribution in [2.45, 2.75) is 25.9 Å². The van der Waals surface area contributed by atoms with E-state index in [0.717, 1.165) is 26.2 Å². The van der Waals surface area contributed by atoms with Crippen LogP contribution in [0.1, 0.15) is 19.4 Å². The van der Waals surface area contributed by atoms with Crippen molar-refractivity contribution in [1.29, 1.82) is 0 Å². The van der Waals surface area contributed by atoms with E-state index in [1.807, 2.05) is 11.0 Å². The maximum absolute atomic E-state index is 10.8. The Bertz CT molecular complexity index is 431. The van der Waals surface area contributed by atoms with Crippen LogP contribution in [0.15, 0.2) is 30.3 Å². The second-order valence-electron chi connectivity index (χ2n) is 5.82. The zero-order valence-electron chi connectivity index (χ0n) is 11.7. The number of carbonyl (C=O) groups is 1. The minimum Gasteiger partial charge on any atom is -0.480 e. The molecule has 4 nitrogen and oxygen atoms in total. The maximum atomic E-state index is 10.8. The molecule has 1 aromatic rings. The highest BCUT2D eigenvalue weighted by Crippen LogP contribution is 2.23. The summed E-state index contributed by atoms with van der Waals surface area (Å²) < 4.78 is 0. The average Bonchev–Trinajstić information content (AvgIpc) is 2.33. The number of carboxylic acids is 1. The number of carboxylic acid groups (broad SMARTS) is 1. The lowest BCUT2D eigenvalue weighted by Crippen LogP contribution is -2.59. The molecule has 0 aromatic heterocycles. The standard InChI is InChI=1S/C15H22N2O2/c1-15(2)12-16(11-14(18)19)8-9-17(15)10-13-6-4-3-5-7-13/h3-7H,8-12H2,1-2H3,(H,18,19). The van der Waals surface area contributed by atoms with Crippen LogP contribution in [0.2, 0.25) is 0 Å². The van der Waals surface area contributed by atoms with Gasteiger partial charge in [-0.1, -0.05) is 30.3 Å². The average molecular weight is 262 g/mol. The van der Waals surface area contributed by atoms with Crippen LogP contribution in [0.3, 0.4) is 0 Å². The summed E-state index contributed by atoms with van der Waals surface area (Å²) in [5, 5.41) is 8.88. The number of piperazine rings is 1. The second kappa shape index (κ2) is 5.72. The summed E-state index contributed by atoms with van der Waals surface area (Å²) in [5.74, 6) is -0.743. The van der Waals surface area contributed by atoms with Crippen LogP contribution in [0, 0.1) is 0 Å². The van der Waals surface area contributed by atoms with Gasteiger partial charge in [0.2, 0.25) is 0 Å². The van der Waals surface area contributed by atoms with Crippen LogP contribution in [0.4, 0.5) is 0 Å². The molecule has 0 spiro atoms. The molecule has 0 amide bonds. The van der Waals surface area contributed by atoms with E-state index in [4.69, 9.17) is 5.11 Å². The summed E-state index contributed by atoms with van der Waals surface area (Å²) in [6.45, 7) is 7.97. The third-order valence-corrected chi connectivity index (χ3v) is 3.73. The topological polar surface area (TPSA) is 43.8 Å². The Balaban J connectivity index is 1.98. The van der Waals surface area contributed by atoms with Gasteiger partial charge in [-0.25, -0.2) is 0 Å². The predicted octanol–water partition coefficient (Wildman–Crippen LogP) is 1.67. The van der Waals surface area contributed by atoms with Gasteiger partial charge in [0.25, 0.3) is 0 Å². The third kappa shape index (κ3) is 3.78. The summed E-state index contributed by atoms with van der Waals surface area (Å²) in [4.78, 5) is 15.2. The van der Waals surface area contributed by atoms with E-state index < -0.39 is 5.97 Å². The molecule has 0 saturated carbocycles. The lowest BCUT2D eigenvalue weighted by molar-refractivity contribution is -0.139. The first kappa shape index (κ1) is 14.0. The van der Waals surface area contributed by atoms with Gasteiger partial charge in [0.05, 0.1) is 6.54 Å². The maximum Gasteiger partial charge on any atom is 0.317 e. The molecule has 2 rings (SSSR count). The Labute approximate surface area is 114 Å². The van der Waals surface area contributed by atoms with Gasteiger partial charge in [-0.2, -0.15) is 0 Å². The summed E-state index contributed by atoms with van der Waals surface area (Å²) in [6, 6.07) is 10.4. The van der Waals surface area contributed by atoms with Gasteiger partial charge in [-0.05, 0) is 19.4 Å². The fourth-order valence-corrected chi connectivity index (χ4v) is 2.71. The largest absolute Gasteiger partial charge is 0.480 e. The first-order chi connectivity index (χ1) is 8.97. The summed E-state index contributed by atoms with van der Waals surface area (Å²) in [7, 11) is 0. The molecule has 1 saturated heterocycles. The Kier molecular flexibility index (Phi) is 4.22. The summed E-state index contributed by atoms with van der Waals surface area (Å²) >= 11 is 0. The Morgan fingerprint density at radius 2 is 1.95 bits per heavy atom. The zero-order valence-corrected chi connectivity index (χ0v) is 11.7. The lowest BCUT2D eigenvalue weighted by Gasteiger charge is -2.47. The molecule has 0 aliphatic carbocycles. The van der Waals surface area contributed by atoms with Crippen molar-refractivity contribution in [2.75, 3.05) is 26.2 Å². The Morgan fingerprint density at radius 1 is 1.26 bits per heavy atom. The number of aliphatic carboxylic acids is 1. The van der Waals surface area contributed by atoms with E-state index >= 15 is 0 Å². The van der Waals surface area contributed by atoms with Gasteiger partial charge in [-0.15, -0.1) is 0 Å². The molecule has 0 atom stereocenters. The molecule has 0 bridgehead atoms. The lowest BCUT2D eigenvalue weighted by atomic mass is 9.97. The number of hydrogen-bond acceptors (Lipinski definition) is 3. The van der Waals surface area contributed by atoms with Crippen LogP contribution in [0.5, 0.6) is 0 Å². The number of nitrogens with zero attached hydrogens (tertiary/aromatic N) is 2. The molecular weight excluding hydrogens is 240 g/mol. The van der Waals surface area contributed by atoms with Gasteiger partial charge in [-0.3, -0.25) is 14.6 Å². The Hall–Kier alpha value is -1.39. The van der Waals surface area contributed by atoms with Crippen LogP contribution in [-0.4, -0.2) is 52.6 Å². The molecule has 4 heteroatoms. The molecular formula is C15H22N2O2. The van der Waals surface area contributed by atoms with Crippen molar-refractivity contribution >= 4 is 5.97 Å². The highest BCUT2D eigenvalue weighted by atomic mass is 16.4. The van der Waals surface area contributed by atoms with Crippen molar-refractivity contribution in [1.82, 2.24) is 9.80 Å². The van der Waals surface area contributed by atoms with Crippen LogP contribution in [-0.2, 0) is 11.3 Å². The summed E-state index contributed by atoms with van der Waals surface area (Å²) in [5.41, 5.74) is 1.31. The zero-order chi connectivity index (χ0) is 13.9. The number of benzene rings is 1. The molecule has 1 heterocycles.